The van der Waals surface area contributed by atoms with E-state index in [1.165, 1.54) is 50.8 Å². The van der Waals surface area contributed by atoms with E-state index in [0.717, 1.165) is 18.5 Å². The van der Waals surface area contributed by atoms with Gasteiger partial charge in [0.2, 0.25) is 0 Å². The Morgan fingerprint density at radius 3 is 2.21 bits per heavy atom. The van der Waals surface area contributed by atoms with E-state index < -0.39 is 0 Å². The van der Waals surface area contributed by atoms with Crippen molar-refractivity contribution in [2.24, 2.45) is 0 Å². The summed E-state index contributed by atoms with van der Waals surface area (Å²) in [6, 6.07) is 8.25. The summed E-state index contributed by atoms with van der Waals surface area (Å²) in [4.78, 5) is 2.52. The minimum Gasteiger partial charge on any atom is -0.388 e. The van der Waals surface area contributed by atoms with Crippen LogP contribution in [0.3, 0.4) is 0 Å². The molecule has 1 aromatic carbocycles. The zero-order valence-electron chi connectivity index (χ0n) is 12.1. The van der Waals surface area contributed by atoms with Crippen LogP contribution in [0.5, 0.6) is 0 Å². The van der Waals surface area contributed by atoms with Crippen molar-refractivity contribution in [3.05, 3.63) is 35.4 Å². The molecule has 1 aliphatic rings. The molecule has 1 N–H and O–H groups in total. The molecule has 1 unspecified atom stereocenters. The van der Waals surface area contributed by atoms with Crippen molar-refractivity contribution in [1.82, 2.24) is 4.90 Å². The Kier molecular flexibility index (Phi) is 5.87. The van der Waals surface area contributed by atoms with Crippen LogP contribution in [0.1, 0.15) is 55.8 Å². The summed E-state index contributed by atoms with van der Waals surface area (Å²) in [6.45, 7) is 5.52. The lowest BCUT2D eigenvalue weighted by molar-refractivity contribution is 0.138. The molecule has 2 nitrogen and oxygen atoms in total. The Bertz CT molecular complexity index is 352. The normalized spacial score (nSPS) is 19.7. The fourth-order valence-electron chi connectivity index (χ4n) is 2.80. The first-order valence-electron chi connectivity index (χ1n) is 7.73. The lowest BCUT2D eigenvalue weighted by atomic mass is 10.0. The quantitative estimate of drug-likeness (QED) is 0.893. The Morgan fingerprint density at radius 2 is 1.58 bits per heavy atom. The molecule has 0 saturated carbocycles. The summed E-state index contributed by atoms with van der Waals surface area (Å²) in [5, 5.41) is 10.2. The van der Waals surface area contributed by atoms with E-state index in [9.17, 15) is 5.11 Å². The molecule has 106 valence electrons. The van der Waals surface area contributed by atoms with E-state index in [0.29, 0.717) is 0 Å². The Balaban J connectivity index is 1.78. The van der Waals surface area contributed by atoms with Crippen LogP contribution in [0.15, 0.2) is 24.3 Å². The molecule has 0 aliphatic carbocycles. The Hall–Kier alpha value is -0.860. The monoisotopic (exact) mass is 261 g/mol. The smallest absolute Gasteiger partial charge is 0.0802 e. The highest BCUT2D eigenvalue weighted by Crippen LogP contribution is 2.18. The molecule has 1 heterocycles. The zero-order chi connectivity index (χ0) is 13.5. The number of rotatable bonds is 4. The van der Waals surface area contributed by atoms with Crippen molar-refractivity contribution in [2.45, 2.75) is 51.6 Å². The molecule has 19 heavy (non-hydrogen) atoms. The maximum atomic E-state index is 10.2. The lowest BCUT2D eigenvalue weighted by Crippen LogP contribution is -2.29. The van der Waals surface area contributed by atoms with Crippen LogP contribution in [0, 0.1) is 6.92 Å². The number of hydrogen-bond acceptors (Lipinski definition) is 2. The van der Waals surface area contributed by atoms with Crippen molar-refractivity contribution < 1.29 is 5.11 Å². The molecule has 0 radical (unpaired) electrons. The van der Waals surface area contributed by atoms with Crippen molar-refractivity contribution in [2.75, 3.05) is 19.6 Å². The van der Waals surface area contributed by atoms with Gasteiger partial charge in [0.05, 0.1) is 6.10 Å². The molecule has 1 atom stereocenters. The molecule has 0 spiro atoms. The molecule has 1 saturated heterocycles. The number of aliphatic hydroxyl groups excluding tert-OH is 1. The van der Waals surface area contributed by atoms with Crippen molar-refractivity contribution in [1.29, 1.82) is 0 Å². The molecule has 1 aromatic rings. The highest BCUT2D eigenvalue weighted by atomic mass is 16.3. The molecule has 1 aliphatic heterocycles. The van der Waals surface area contributed by atoms with Gasteiger partial charge in [-0.1, -0.05) is 49.1 Å². The van der Waals surface area contributed by atoms with E-state index >= 15 is 0 Å². The van der Waals surface area contributed by atoms with Crippen LogP contribution < -0.4 is 0 Å². The summed E-state index contributed by atoms with van der Waals surface area (Å²) < 4.78 is 0. The Morgan fingerprint density at radius 1 is 1.00 bits per heavy atom. The van der Waals surface area contributed by atoms with Gasteiger partial charge >= 0.3 is 0 Å². The third-order valence-electron chi connectivity index (χ3n) is 4.13. The van der Waals surface area contributed by atoms with E-state index in [1.54, 1.807) is 0 Å². The lowest BCUT2D eigenvalue weighted by Gasteiger charge is -2.25. The summed E-state index contributed by atoms with van der Waals surface area (Å²) >= 11 is 0. The number of nitrogens with zero attached hydrogens (tertiary/aromatic N) is 1. The molecule has 0 bridgehead atoms. The molecular weight excluding hydrogens is 234 g/mol. The van der Waals surface area contributed by atoms with Crippen molar-refractivity contribution in [3.8, 4) is 0 Å². The second-order valence-electron chi connectivity index (χ2n) is 5.82. The highest BCUT2D eigenvalue weighted by molar-refractivity contribution is 5.22. The van der Waals surface area contributed by atoms with Crippen LogP contribution in [0.4, 0.5) is 0 Å². The van der Waals surface area contributed by atoms with Gasteiger partial charge in [0.15, 0.2) is 0 Å². The predicted octanol–water partition coefficient (Wildman–Crippen LogP) is 3.68. The van der Waals surface area contributed by atoms with E-state index in [4.69, 9.17) is 0 Å². The van der Waals surface area contributed by atoms with Gasteiger partial charge in [-0.15, -0.1) is 0 Å². The van der Waals surface area contributed by atoms with Crippen LogP contribution in [0.2, 0.25) is 0 Å². The van der Waals surface area contributed by atoms with Gasteiger partial charge in [0.25, 0.3) is 0 Å². The van der Waals surface area contributed by atoms with Gasteiger partial charge in [-0.2, -0.15) is 0 Å². The van der Waals surface area contributed by atoms with E-state index in [-0.39, 0.29) is 6.10 Å². The number of likely N-dealkylation sites (tertiary alicyclic amines) is 1. The van der Waals surface area contributed by atoms with Gasteiger partial charge in [0.1, 0.15) is 0 Å². The molecule has 0 amide bonds. The summed E-state index contributed by atoms with van der Waals surface area (Å²) in [5.41, 5.74) is 2.30. The number of benzene rings is 1. The second kappa shape index (κ2) is 7.66. The number of hydrogen-bond donors (Lipinski definition) is 1. The first-order valence-corrected chi connectivity index (χ1v) is 7.73. The van der Waals surface area contributed by atoms with Gasteiger partial charge in [0, 0.05) is 6.54 Å². The van der Waals surface area contributed by atoms with Crippen LogP contribution in [-0.2, 0) is 0 Å². The topological polar surface area (TPSA) is 23.5 Å². The standard InChI is InChI=1S/C17H27NO/c1-15-7-9-16(10-8-15)17(19)11-14-18-12-5-3-2-4-6-13-18/h7-10,17,19H,2-6,11-14H2,1H3. The fraction of sp³-hybridized carbons (Fsp3) is 0.647. The number of aryl methyl sites for hydroxylation is 1. The van der Waals surface area contributed by atoms with Crippen LogP contribution >= 0.6 is 0 Å². The van der Waals surface area contributed by atoms with Crippen LogP contribution in [0.25, 0.3) is 0 Å². The molecular formula is C17H27NO. The molecule has 0 aromatic heterocycles. The van der Waals surface area contributed by atoms with Gasteiger partial charge in [-0.05, 0) is 44.8 Å². The van der Waals surface area contributed by atoms with Crippen molar-refractivity contribution in [3.63, 3.8) is 0 Å². The van der Waals surface area contributed by atoms with E-state index in [2.05, 4.69) is 24.0 Å². The largest absolute Gasteiger partial charge is 0.388 e. The van der Waals surface area contributed by atoms with E-state index in [1.807, 2.05) is 12.1 Å². The minimum absolute atomic E-state index is 0.314. The average molecular weight is 261 g/mol. The molecule has 2 rings (SSSR count). The van der Waals surface area contributed by atoms with Crippen LogP contribution in [-0.4, -0.2) is 29.6 Å². The SMILES string of the molecule is Cc1ccc(C(O)CCN2CCCCCCC2)cc1. The maximum Gasteiger partial charge on any atom is 0.0802 e. The fourth-order valence-corrected chi connectivity index (χ4v) is 2.80. The van der Waals surface area contributed by atoms with Gasteiger partial charge < -0.3 is 10.0 Å². The predicted molar refractivity (Wildman–Crippen MR) is 80.3 cm³/mol. The maximum absolute atomic E-state index is 10.2. The third kappa shape index (κ3) is 4.96. The Labute approximate surface area is 117 Å². The summed E-state index contributed by atoms with van der Waals surface area (Å²) in [7, 11) is 0. The first kappa shape index (κ1) is 14.5. The zero-order valence-corrected chi connectivity index (χ0v) is 12.1. The first-order chi connectivity index (χ1) is 9.25. The number of aliphatic hydroxyl groups is 1. The summed E-state index contributed by atoms with van der Waals surface area (Å²) in [5.74, 6) is 0. The highest BCUT2D eigenvalue weighted by Gasteiger charge is 2.12. The molecule has 2 heteroatoms. The summed E-state index contributed by atoms with van der Waals surface area (Å²) in [6.07, 6.45) is 7.32. The molecule has 1 fully saturated rings. The third-order valence-corrected chi connectivity index (χ3v) is 4.13. The van der Waals surface area contributed by atoms with Gasteiger partial charge in [-0.3, -0.25) is 0 Å². The minimum atomic E-state index is -0.314. The average Bonchev–Trinajstić information content (AvgIpc) is 2.38. The van der Waals surface area contributed by atoms with Crippen molar-refractivity contribution >= 4 is 0 Å². The van der Waals surface area contributed by atoms with Gasteiger partial charge in [-0.25, -0.2) is 0 Å². The second-order valence-corrected chi connectivity index (χ2v) is 5.82.